The van der Waals surface area contributed by atoms with Crippen molar-refractivity contribution in [3.8, 4) is 0 Å². The standard InChI is InChI=1S/C14H17NO6S/c1-9-4-5-10(22(18,19)15(2)3)8-11(9)13(16)21-12-6-7-20-14(12)17/h4-5,8,12H,6-7H2,1-3H3/t12-/m0/s1. The van der Waals surface area contributed by atoms with Gasteiger partial charge in [0.2, 0.25) is 16.1 Å². The van der Waals surface area contributed by atoms with E-state index in [9.17, 15) is 18.0 Å². The first-order valence-electron chi connectivity index (χ1n) is 6.64. The summed E-state index contributed by atoms with van der Waals surface area (Å²) in [6.45, 7) is 1.88. The molecule has 0 unspecified atom stereocenters. The van der Waals surface area contributed by atoms with Gasteiger partial charge >= 0.3 is 11.9 Å². The topological polar surface area (TPSA) is 90.0 Å². The highest BCUT2D eigenvalue weighted by atomic mass is 32.2. The Morgan fingerprint density at radius 1 is 1.36 bits per heavy atom. The zero-order chi connectivity index (χ0) is 16.5. The maximum Gasteiger partial charge on any atom is 0.347 e. The van der Waals surface area contributed by atoms with Gasteiger partial charge in [-0.2, -0.15) is 0 Å². The highest BCUT2D eigenvalue weighted by molar-refractivity contribution is 7.89. The normalized spacial score (nSPS) is 18.4. The van der Waals surface area contributed by atoms with Crippen molar-refractivity contribution in [2.24, 2.45) is 0 Å². The van der Waals surface area contributed by atoms with Gasteiger partial charge < -0.3 is 9.47 Å². The molecule has 0 saturated carbocycles. The van der Waals surface area contributed by atoms with Crippen LogP contribution in [0.5, 0.6) is 0 Å². The molecule has 0 radical (unpaired) electrons. The summed E-state index contributed by atoms with van der Waals surface area (Å²) in [5.74, 6) is -1.32. The number of sulfonamides is 1. The van der Waals surface area contributed by atoms with Crippen molar-refractivity contribution in [1.29, 1.82) is 0 Å². The maximum atomic E-state index is 12.2. The van der Waals surface area contributed by atoms with Gasteiger partial charge in [-0.3, -0.25) is 0 Å². The van der Waals surface area contributed by atoms with Gasteiger partial charge in [-0.25, -0.2) is 22.3 Å². The van der Waals surface area contributed by atoms with E-state index >= 15 is 0 Å². The lowest BCUT2D eigenvalue weighted by Crippen LogP contribution is -2.24. The van der Waals surface area contributed by atoms with Crippen molar-refractivity contribution in [3.63, 3.8) is 0 Å². The molecule has 0 aromatic heterocycles. The third-order valence-corrected chi connectivity index (χ3v) is 5.16. The number of carbonyl (C=O) groups is 2. The molecule has 8 heteroatoms. The molecule has 1 aromatic rings. The van der Waals surface area contributed by atoms with E-state index in [1.807, 2.05) is 0 Å². The molecule has 0 spiro atoms. The minimum absolute atomic E-state index is 0.0101. The summed E-state index contributed by atoms with van der Waals surface area (Å²) in [5.41, 5.74) is 0.677. The number of carbonyl (C=O) groups excluding carboxylic acids is 2. The van der Waals surface area contributed by atoms with Crippen molar-refractivity contribution in [1.82, 2.24) is 4.31 Å². The van der Waals surface area contributed by atoms with Gasteiger partial charge in [-0.1, -0.05) is 6.07 Å². The molecule has 0 bridgehead atoms. The molecule has 0 N–H and O–H groups in total. The Labute approximate surface area is 128 Å². The highest BCUT2D eigenvalue weighted by Crippen LogP contribution is 2.20. The molecule has 0 amide bonds. The average Bonchev–Trinajstić information content (AvgIpc) is 2.84. The predicted octanol–water partition coefficient (Wildman–Crippen LogP) is 0.718. The maximum absolute atomic E-state index is 12.2. The zero-order valence-electron chi connectivity index (χ0n) is 12.5. The Hall–Kier alpha value is -1.93. The number of ether oxygens (including phenoxy) is 2. The summed E-state index contributed by atoms with van der Waals surface area (Å²) in [7, 11) is -0.845. The Morgan fingerprint density at radius 2 is 2.05 bits per heavy atom. The lowest BCUT2D eigenvalue weighted by Gasteiger charge is -2.14. The smallest absolute Gasteiger partial charge is 0.347 e. The summed E-state index contributed by atoms with van der Waals surface area (Å²) in [6.07, 6.45) is -0.625. The Kier molecular flexibility index (Phi) is 4.52. The average molecular weight is 327 g/mol. The molecule has 120 valence electrons. The molecule has 7 nitrogen and oxygen atoms in total. The first-order valence-corrected chi connectivity index (χ1v) is 8.08. The second kappa shape index (κ2) is 6.05. The van der Waals surface area contributed by atoms with E-state index in [1.165, 1.54) is 32.3 Å². The van der Waals surface area contributed by atoms with Crippen LogP contribution < -0.4 is 0 Å². The summed E-state index contributed by atoms with van der Waals surface area (Å²) >= 11 is 0. The van der Waals surface area contributed by atoms with Crippen LogP contribution in [0, 0.1) is 6.92 Å². The molecule has 1 aliphatic heterocycles. The summed E-state index contributed by atoms with van der Waals surface area (Å²) in [6, 6.07) is 4.21. The fourth-order valence-electron chi connectivity index (χ4n) is 1.97. The number of nitrogens with zero attached hydrogens (tertiary/aromatic N) is 1. The quantitative estimate of drug-likeness (QED) is 0.757. The molecule has 2 rings (SSSR count). The van der Waals surface area contributed by atoms with Gasteiger partial charge in [0.05, 0.1) is 17.1 Å². The van der Waals surface area contributed by atoms with Gasteiger partial charge in [-0.05, 0) is 24.6 Å². The second-order valence-electron chi connectivity index (χ2n) is 5.11. The number of rotatable bonds is 4. The van der Waals surface area contributed by atoms with E-state index in [2.05, 4.69) is 0 Å². The molecular formula is C14H17NO6S. The third-order valence-electron chi connectivity index (χ3n) is 3.34. The van der Waals surface area contributed by atoms with Gasteiger partial charge in [0.15, 0.2) is 0 Å². The molecular weight excluding hydrogens is 310 g/mol. The lowest BCUT2D eigenvalue weighted by atomic mass is 10.1. The number of hydrogen-bond donors (Lipinski definition) is 0. The summed E-state index contributed by atoms with van der Waals surface area (Å²) in [4.78, 5) is 23.5. The van der Waals surface area contributed by atoms with Crippen LogP contribution in [-0.4, -0.2) is 51.5 Å². The van der Waals surface area contributed by atoms with E-state index in [0.29, 0.717) is 12.0 Å². The molecule has 1 aromatic carbocycles. The van der Waals surface area contributed by atoms with E-state index in [4.69, 9.17) is 9.47 Å². The minimum Gasteiger partial charge on any atom is -0.463 e. The van der Waals surface area contributed by atoms with Crippen molar-refractivity contribution in [3.05, 3.63) is 29.3 Å². The second-order valence-corrected chi connectivity index (χ2v) is 7.27. The van der Waals surface area contributed by atoms with Crippen LogP contribution in [0.25, 0.3) is 0 Å². The Morgan fingerprint density at radius 3 is 2.59 bits per heavy atom. The van der Waals surface area contributed by atoms with Crippen molar-refractivity contribution in [2.45, 2.75) is 24.3 Å². The number of benzene rings is 1. The molecule has 1 heterocycles. The van der Waals surface area contributed by atoms with E-state index < -0.39 is 28.1 Å². The molecule has 1 fully saturated rings. The van der Waals surface area contributed by atoms with Crippen molar-refractivity contribution >= 4 is 22.0 Å². The zero-order valence-corrected chi connectivity index (χ0v) is 13.3. The minimum atomic E-state index is -3.65. The van der Waals surface area contributed by atoms with E-state index in [0.717, 1.165) is 4.31 Å². The van der Waals surface area contributed by atoms with Crippen molar-refractivity contribution in [2.75, 3.05) is 20.7 Å². The SMILES string of the molecule is Cc1ccc(S(=O)(=O)N(C)C)cc1C(=O)O[C@H]1CCOC1=O. The third kappa shape index (κ3) is 3.12. The van der Waals surface area contributed by atoms with Crippen LogP contribution in [0.3, 0.4) is 0 Å². The molecule has 0 aliphatic carbocycles. The number of hydrogen-bond acceptors (Lipinski definition) is 6. The molecule has 1 aliphatic rings. The largest absolute Gasteiger partial charge is 0.463 e. The Bertz CT molecular complexity index is 710. The first-order chi connectivity index (χ1) is 10.2. The van der Waals surface area contributed by atoms with Gasteiger partial charge in [0.25, 0.3) is 0 Å². The van der Waals surface area contributed by atoms with Gasteiger partial charge in [-0.15, -0.1) is 0 Å². The summed E-state index contributed by atoms with van der Waals surface area (Å²) < 4.78 is 35.1. The number of esters is 2. The van der Waals surface area contributed by atoms with Gasteiger partial charge in [0, 0.05) is 20.5 Å². The van der Waals surface area contributed by atoms with Crippen LogP contribution >= 0.6 is 0 Å². The van der Waals surface area contributed by atoms with E-state index in [-0.39, 0.29) is 17.1 Å². The fourth-order valence-corrected chi connectivity index (χ4v) is 2.90. The molecule has 22 heavy (non-hydrogen) atoms. The monoisotopic (exact) mass is 327 g/mol. The molecule has 1 saturated heterocycles. The highest BCUT2D eigenvalue weighted by Gasteiger charge is 2.31. The first kappa shape index (κ1) is 16.4. The fraction of sp³-hybridized carbons (Fsp3) is 0.429. The predicted molar refractivity (Wildman–Crippen MR) is 76.8 cm³/mol. The van der Waals surface area contributed by atoms with E-state index in [1.54, 1.807) is 6.92 Å². The van der Waals surface area contributed by atoms with Crippen LogP contribution in [0.4, 0.5) is 0 Å². The Balaban J connectivity index is 2.31. The van der Waals surface area contributed by atoms with Crippen LogP contribution in [-0.2, 0) is 24.3 Å². The van der Waals surface area contributed by atoms with Gasteiger partial charge in [0.1, 0.15) is 0 Å². The number of aryl methyl sites for hydroxylation is 1. The van der Waals surface area contributed by atoms with Crippen molar-refractivity contribution < 1.29 is 27.5 Å². The van der Waals surface area contributed by atoms with Crippen LogP contribution in [0.2, 0.25) is 0 Å². The summed E-state index contributed by atoms with van der Waals surface area (Å²) in [5, 5.41) is 0. The molecule has 1 atom stereocenters. The van der Waals surface area contributed by atoms with Crippen LogP contribution in [0.15, 0.2) is 23.1 Å². The lowest BCUT2D eigenvalue weighted by molar-refractivity contribution is -0.145. The van der Waals surface area contributed by atoms with Crippen LogP contribution in [0.1, 0.15) is 22.3 Å². The number of cyclic esters (lactones) is 1.